The Morgan fingerprint density at radius 3 is 2.69 bits per heavy atom. The van der Waals surface area contributed by atoms with Crippen LogP contribution in [0.25, 0.3) is 0 Å². The summed E-state index contributed by atoms with van der Waals surface area (Å²) >= 11 is 0. The maximum absolute atomic E-state index is 14.1. The zero-order valence-electron chi connectivity index (χ0n) is 21.5. The number of phenols is 1. The Kier molecular flexibility index (Phi) is 4.14. The molecule has 0 amide bonds. The van der Waals surface area contributed by atoms with E-state index in [1.807, 2.05) is 13.8 Å². The summed E-state index contributed by atoms with van der Waals surface area (Å²) in [7, 11) is 0. The van der Waals surface area contributed by atoms with Gasteiger partial charge in [-0.1, -0.05) is 33.8 Å². The van der Waals surface area contributed by atoms with Crippen molar-refractivity contribution in [1.29, 1.82) is 0 Å². The van der Waals surface area contributed by atoms with Crippen molar-refractivity contribution in [2.75, 3.05) is 6.54 Å². The van der Waals surface area contributed by atoms with E-state index in [0.717, 1.165) is 48.9 Å². The summed E-state index contributed by atoms with van der Waals surface area (Å²) in [6, 6.07) is 3.94. The van der Waals surface area contributed by atoms with E-state index in [4.69, 9.17) is 9.47 Å². The van der Waals surface area contributed by atoms with Crippen molar-refractivity contribution in [1.82, 2.24) is 4.90 Å². The van der Waals surface area contributed by atoms with Gasteiger partial charge in [-0.3, -0.25) is 9.59 Å². The van der Waals surface area contributed by atoms with Crippen LogP contribution in [0.1, 0.15) is 88.8 Å². The van der Waals surface area contributed by atoms with Gasteiger partial charge in [0.2, 0.25) is 0 Å². The number of rotatable bonds is 0. The molecule has 4 aliphatic heterocycles. The molecule has 4 bridgehead atoms. The summed E-state index contributed by atoms with van der Waals surface area (Å²) in [6.45, 7) is 11.5. The highest BCUT2D eigenvalue weighted by Crippen LogP contribution is 2.72. The lowest BCUT2D eigenvalue weighted by atomic mass is 9.41. The number of aryl methyl sites for hydroxylation is 1. The maximum Gasteiger partial charge on any atom is 0.307 e. The summed E-state index contributed by atoms with van der Waals surface area (Å²) in [5.74, 6) is 0.0135. The molecule has 6 nitrogen and oxygen atoms in total. The number of hydrogen-bond donors (Lipinski definition) is 1. The third kappa shape index (κ3) is 2.44. The molecule has 1 N–H and O–H groups in total. The molecule has 0 aromatic heterocycles. The molecule has 6 aliphatic rings. The van der Waals surface area contributed by atoms with E-state index >= 15 is 0 Å². The van der Waals surface area contributed by atoms with E-state index < -0.39 is 16.9 Å². The molecule has 188 valence electrons. The lowest BCUT2D eigenvalue weighted by molar-refractivity contribution is -0.348. The average molecular weight is 480 g/mol. The standard InChI is InChI=1S/C29H37NO5/c1-15-9-19-23(21(31)10-15)17(3)25(33)24-20-11-22(32)35-29(14-26(19,24)4)27(20,5)6-7-28-12-16(2)8-18(34-28)13-30(28)29/h9-10,16-18,20,24,31H,6-8,11-14H2,1-5H3/t16-,17+,18+,20-,24-,26-,27-,28-,29+/m0/s1. The Labute approximate surface area is 207 Å². The van der Waals surface area contributed by atoms with Crippen molar-refractivity contribution in [3.8, 4) is 5.75 Å². The molecule has 5 fully saturated rings. The second kappa shape index (κ2) is 6.49. The fourth-order valence-electron chi connectivity index (χ4n) is 9.92. The number of benzene rings is 1. The van der Waals surface area contributed by atoms with E-state index in [2.05, 4.69) is 31.7 Å². The number of carbonyl (C=O) groups excluding carboxylic acids is 2. The minimum absolute atomic E-state index is 0.0940. The molecule has 0 unspecified atom stereocenters. The average Bonchev–Trinajstić information content (AvgIpc) is 3.04. The SMILES string of the molecule is Cc1cc(O)c2c(c1)[C@]1(C)C[C@@]34OC(=O)C[C@@H]([C@H]1C(=O)[C@@H]2C)[C@]3(C)CC[C@]12C[C@@H](C)C[C@H](CN14)O2. The first-order valence-electron chi connectivity index (χ1n) is 13.5. The van der Waals surface area contributed by atoms with Gasteiger partial charge >= 0.3 is 5.97 Å². The van der Waals surface area contributed by atoms with Crippen molar-refractivity contribution in [3.05, 3.63) is 28.8 Å². The second-order valence-electron chi connectivity index (χ2n) is 13.3. The maximum atomic E-state index is 14.1. The van der Waals surface area contributed by atoms with Crippen LogP contribution in [0, 0.1) is 30.1 Å². The smallest absolute Gasteiger partial charge is 0.307 e. The molecule has 35 heavy (non-hydrogen) atoms. The van der Waals surface area contributed by atoms with E-state index in [-0.39, 0.29) is 53.2 Å². The first kappa shape index (κ1) is 22.3. The molecule has 9 atom stereocenters. The number of Topliss-reactive ketones (excluding diaryl/α,β-unsaturated/α-hetero) is 1. The van der Waals surface area contributed by atoms with Gasteiger partial charge in [-0.25, -0.2) is 4.90 Å². The predicted octanol–water partition coefficient (Wildman–Crippen LogP) is 4.55. The van der Waals surface area contributed by atoms with Crippen molar-refractivity contribution < 1.29 is 24.2 Å². The summed E-state index contributed by atoms with van der Waals surface area (Å²) < 4.78 is 13.3. The molecule has 1 aromatic carbocycles. The Hall–Kier alpha value is -1.92. The zero-order chi connectivity index (χ0) is 24.7. The third-order valence-corrected chi connectivity index (χ3v) is 11.2. The van der Waals surface area contributed by atoms with Gasteiger partial charge < -0.3 is 14.6 Å². The number of carbonyl (C=O) groups is 2. The number of ketones is 1. The Morgan fingerprint density at radius 2 is 1.91 bits per heavy atom. The van der Waals surface area contributed by atoms with Gasteiger partial charge in [-0.05, 0) is 61.6 Å². The van der Waals surface area contributed by atoms with Gasteiger partial charge in [0.15, 0.2) is 5.72 Å². The lowest BCUT2D eigenvalue weighted by Gasteiger charge is -2.72. The first-order chi connectivity index (χ1) is 16.4. The van der Waals surface area contributed by atoms with Crippen LogP contribution < -0.4 is 0 Å². The van der Waals surface area contributed by atoms with E-state index in [1.54, 1.807) is 6.07 Å². The quantitative estimate of drug-likeness (QED) is 0.550. The molecule has 2 aliphatic carbocycles. The zero-order valence-corrected chi connectivity index (χ0v) is 21.5. The highest BCUT2D eigenvalue weighted by molar-refractivity contribution is 5.94. The fourth-order valence-corrected chi connectivity index (χ4v) is 9.92. The van der Waals surface area contributed by atoms with Crippen LogP contribution >= 0.6 is 0 Å². The van der Waals surface area contributed by atoms with Crippen LogP contribution in [0.2, 0.25) is 0 Å². The highest BCUT2D eigenvalue weighted by Gasteiger charge is 2.78. The molecule has 1 saturated carbocycles. The van der Waals surface area contributed by atoms with Gasteiger partial charge in [-0.15, -0.1) is 0 Å². The van der Waals surface area contributed by atoms with E-state index in [9.17, 15) is 14.7 Å². The molecular weight excluding hydrogens is 442 g/mol. The summed E-state index contributed by atoms with van der Waals surface area (Å²) in [4.78, 5) is 29.9. The molecule has 0 radical (unpaired) electrons. The summed E-state index contributed by atoms with van der Waals surface area (Å²) in [5, 5.41) is 11.0. The Balaban J connectivity index is 1.48. The monoisotopic (exact) mass is 479 g/mol. The van der Waals surface area contributed by atoms with Crippen LogP contribution in [0.5, 0.6) is 5.75 Å². The Bertz CT molecular complexity index is 1180. The minimum atomic E-state index is -0.813. The number of piperidine rings is 1. The van der Waals surface area contributed by atoms with Crippen molar-refractivity contribution in [3.63, 3.8) is 0 Å². The predicted molar refractivity (Wildman–Crippen MR) is 129 cm³/mol. The van der Waals surface area contributed by atoms with E-state index in [0.29, 0.717) is 12.3 Å². The highest BCUT2D eigenvalue weighted by atomic mass is 16.6. The van der Waals surface area contributed by atoms with Crippen molar-refractivity contribution in [2.24, 2.45) is 23.2 Å². The topological polar surface area (TPSA) is 76.1 Å². The molecule has 1 spiro atoms. The fraction of sp³-hybridized carbons (Fsp3) is 0.724. The van der Waals surface area contributed by atoms with Crippen LogP contribution in [-0.4, -0.2) is 45.9 Å². The second-order valence-corrected chi connectivity index (χ2v) is 13.3. The molecule has 4 saturated heterocycles. The molecule has 6 heteroatoms. The van der Waals surface area contributed by atoms with Gasteiger partial charge in [0, 0.05) is 47.6 Å². The van der Waals surface area contributed by atoms with Crippen molar-refractivity contribution >= 4 is 11.8 Å². The van der Waals surface area contributed by atoms with Crippen LogP contribution in [0.3, 0.4) is 0 Å². The normalized spacial score (nSPS) is 50.0. The summed E-state index contributed by atoms with van der Waals surface area (Å²) in [6.07, 6.45) is 4.80. The van der Waals surface area contributed by atoms with E-state index in [1.165, 1.54) is 0 Å². The van der Waals surface area contributed by atoms with Crippen LogP contribution in [-0.2, 0) is 24.5 Å². The molecular formula is C29H37NO5. The number of hydrogen-bond acceptors (Lipinski definition) is 6. The number of esters is 1. The first-order valence-corrected chi connectivity index (χ1v) is 13.5. The number of aromatic hydroxyl groups is 1. The lowest BCUT2D eigenvalue weighted by Crippen LogP contribution is -2.79. The Morgan fingerprint density at radius 1 is 1.14 bits per heavy atom. The molecule has 7 rings (SSSR count). The number of nitrogens with zero attached hydrogens (tertiary/aromatic N) is 1. The van der Waals surface area contributed by atoms with Crippen LogP contribution in [0.4, 0.5) is 0 Å². The number of ether oxygens (including phenoxy) is 2. The van der Waals surface area contributed by atoms with Gasteiger partial charge in [-0.2, -0.15) is 0 Å². The van der Waals surface area contributed by atoms with Gasteiger partial charge in [0.25, 0.3) is 0 Å². The largest absolute Gasteiger partial charge is 0.508 e. The van der Waals surface area contributed by atoms with Gasteiger partial charge in [0.1, 0.15) is 17.3 Å². The number of fused-ring (bicyclic) bond motifs is 5. The number of phenolic OH excluding ortho intramolecular Hbond substituents is 1. The molecule has 1 aromatic rings. The van der Waals surface area contributed by atoms with Crippen molar-refractivity contribution in [2.45, 2.75) is 102 Å². The third-order valence-electron chi connectivity index (χ3n) is 11.2. The summed E-state index contributed by atoms with van der Waals surface area (Å²) in [5.41, 5.74) is 0.758. The van der Waals surface area contributed by atoms with Crippen LogP contribution in [0.15, 0.2) is 12.1 Å². The van der Waals surface area contributed by atoms with Gasteiger partial charge in [0.05, 0.1) is 6.10 Å². The molecule has 4 heterocycles. The minimum Gasteiger partial charge on any atom is -0.508 e.